The number of nitrogens with zero attached hydrogens (tertiary/aromatic N) is 1. The molecular weight excluding hydrogens is 359 g/mol. The van der Waals surface area contributed by atoms with E-state index in [2.05, 4.69) is 50.4 Å². The minimum atomic E-state index is 0. The van der Waals surface area contributed by atoms with E-state index in [1.807, 2.05) is 0 Å². The van der Waals surface area contributed by atoms with Crippen LogP contribution in [0.25, 0.3) is 0 Å². The summed E-state index contributed by atoms with van der Waals surface area (Å²) in [5, 5.41) is 3.46. The second kappa shape index (κ2) is 8.60. The zero-order chi connectivity index (χ0) is 12.4. The van der Waals surface area contributed by atoms with Gasteiger partial charge < -0.3 is 5.32 Å². The predicted octanol–water partition coefficient (Wildman–Crippen LogP) is 4.04. The molecule has 114 valence electrons. The van der Waals surface area contributed by atoms with Crippen molar-refractivity contribution >= 4 is 40.7 Å². The Morgan fingerprint density at radius 2 is 1.85 bits per heavy atom. The average molecular weight is 382 g/mol. The largest absolute Gasteiger partial charge is 0.314 e. The van der Waals surface area contributed by atoms with Crippen LogP contribution in [0.2, 0.25) is 0 Å². The van der Waals surface area contributed by atoms with Gasteiger partial charge in [-0.25, -0.2) is 0 Å². The zero-order valence-electron chi connectivity index (χ0n) is 11.6. The Morgan fingerprint density at radius 1 is 1.15 bits per heavy atom. The molecule has 1 aromatic carbocycles. The third-order valence-electron chi connectivity index (χ3n) is 4.33. The van der Waals surface area contributed by atoms with Crippen LogP contribution in [0.3, 0.4) is 0 Å². The standard InChI is InChI=1S/C15H21BrN2.2ClH/c16-14-6-2-5-13(11-14)15(12-3-1-4-12)18-9-7-17-8-10-18;;/h2,5-6,11-12,15,17H,1,3-4,7-10H2;2*1H/t15-;;/m0../s1. The second-order valence-corrected chi connectivity index (χ2v) is 6.39. The van der Waals surface area contributed by atoms with Crippen molar-refractivity contribution in [2.24, 2.45) is 5.92 Å². The van der Waals surface area contributed by atoms with Crippen molar-refractivity contribution in [1.29, 1.82) is 0 Å². The van der Waals surface area contributed by atoms with E-state index in [0.717, 1.165) is 19.0 Å². The van der Waals surface area contributed by atoms with E-state index in [9.17, 15) is 0 Å². The number of hydrogen-bond donors (Lipinski definition) is 1. The minimum Gasteiger partial charge on any atom is -0.314 e. The van der Waals surface area contributed by atoms with Crippen LogP contribution in [0.1, 0.15) is 30.9 Å². The molecule has 0 aromatic heterocycles. The van der Waals surface area contributed by atoms with Gasteiger partial charge in [-0.05, 0) is 36.5 Å². The van der Waals surface area contributed by atoms with Gasteiger partial charge in [0, 0.05) is 36.7 Å². The Morgan fingerprint density at radius 3 is 2.40 bits per heavy atom. The summed E-state index contributed by atoms with van der Waals surface area (Å²) in [7, 11) is 0. The first kappa shape index (κ1) is 18.2. The van der Waals surface area contributed by atoms with E-state index in [1.54, 1.807) is 0 Å². The summed E-state index contributed by atoms with van der Waals surface area (Å²) in [6.45, 7) is 4.65. The maximum Gasteiger partial charge on any atom is 0.0377 e. The SMILES string of the molecule is Brc1cccc([C@H](C2CCC2)N2CCNCC2)c1.Cl.Cl. The Kier molecular flexibility index (Phi) is 7.84. The molecule has 5 heteroatoms. The monoisotopic (exact) mass is 380 g/mol. The van der Waals surface area contributed by atoms with Gasteiger partial charge in [-0.1, -0.05) is 34.5 Å². The van der Waals surface area contributed by atoms with Gasteiger partial charge >= 0.3 is 0 Å². The lowest BCUT2D eigenvalue weighted by Gasteiger charge is -2.43. The molecule has 0 spiro atoms. The van der Waals surface area contributed by atoms with Crippen molar-refractivity contribution < 1.29 is 0 Å². The number of nitrogens with one attached hydrogen (secondary N) is 1. The fourth-order valence-corrected chi connectivity index (χ4v) is 3.60. The van der Waals surface area contributed by atoms with Gasteiger partial charge in [0.1, 0.15) is 0 Å². The van der Waals surface area contributed by atoms with Crippen LogP contribution in [0, 0.1) is 5.92 Å². The Hall–Kier alpha value is 0.200. The Balaban J connectivity index is 0.000001000. The third kappa shape index (κ3) is 4.11. The molecule has 1 saturated carbocycles. The highest BCUT2D eigenvalue weighted by Gasteiger charge is 2.33. The summed E-state index contributed by atoms with van der Waals surface area (Å²) in [6.07, 6.45) is 4.23. The molecule has 1 atom stereocenters. The molecule has 3 rings (SSSR count). The summed E-state index contributed by atoms with van der Waals surface area (Å²) >= 11 is 3.61. The quantitative estimate of drug-likeness (QED) is 0.849. The lowest BCUT2D eigenvalue weighted by molar-refractivity contribution is 0.0837. The maximum absolute atomic E-state index is 3.61. The van der Waals surface area contributed by atoms with Crippen molar-refractivity contribution in [3.05, 3.63) is 34.3 Å². The van der Waals surface area contributed by atoms with Crippen LogP contribution in [0.5, 0.6) is 0 Å². The van der Waals surface area contributed by atoms with Gasteiger partial charge in [-0.15, -0.1) is 24.8 Å². The van der Waals surface area contributed by atoms with Crippen molar-refractivity contribution in [2.45, 2.75) is 25.3 Å². The summed E-state index contributed by atoms with van der Waals surface area (Å²) < 4.78 is 1.21. The topological polar surface area (TPSA) is 15.3 Å². The van der Waals surface area contributed by atoms with Crippen molar-refractivity contribution in [2.75, 3.05) is 26.2 Å². The molecule has 1 aliphatic heterocycles. The van der Waals surface area contributed by atoms with Crippen molar-refractivity contribution in [3.8, 4) is 0 Å². The van der Waals surface area contributed by atoms with E-state index >= 15 is 0 Å². The van der Waals surface area contributed by atoms with Gasteiger partial charge in [-0.3, -0.25) is 4.90 Å². The average Bonchev–Trinajstić information content (AvgIpc) is 2.34. The van der Waals surface area contributed by atoms with Crippen LogP contribution >= 0.6 is 40.7 Å². The van der Waals surface area contributed by atoms with E-state index in [0.29, 0.717) is 6.04 Å². The van der Waals surface area contributed by atoms with Gasteiger partial charge in [0.25, 0.3) is 0 Å². The fourth-order valence-electron chi connectivity index (χ4n) is 3.19. The summed E-state index contributed by atoms with van der Waals surface area (Å²) in [5.41, 5.74) is 1.50. The highest BCUT2D eigenvalue weighted by molar-refractivity contribution is 9.10. The third-order valence-corrected chi connectivity index (χ3v) is 4.82. The highest BCUT2D eigenvalue weighted by atomic mass is 79.9. The van der Waals surface area contributed by atoms with Crippen molar-refractivity contribution in [3.63, 3.8) is 0 Å². The molecular formula is C15H23BrCl2N2. The summed E-state index contributed by atoms with van der Waals surface area (Å²) in [4.78, 5) is 2.68. The summed E-state index contributed by atoms with van der Waals surface area (Å²) in [5.74, 6) is 0.873. The first-order valence-corrected chi connectivity index (χ1v) is 7.84. The van der Waals surface area contributed by atoms with Crippen LogP contribution in [0.4, 0.5) is 0 Å². The second-order valence-electron chi connectivity index (χ2n) is 5.48. The van der Waals surface area contributed by atoms with Crippen LogP contribution < -0.4 is 5.32 Å². The van der Waals surface area contributed by atoms with Crippen LogP contribution in [-0.2, 0) is 0 Å². The molecule has 1 saturated heterocycles. The molecule has 2 fully saturated rings. The van der Waals surface area contributed by atoms with E-state index in [1.165, 1.54) is 42.4 Å². The normalized spacial score (nSPS) is 21.2. The smallest absolute Gasteiger partial charge is 0.0377 e. The van der Waals surface area contributed by atoms with E-state index in [4.69, 9.17) is 0 Å². The highest BCUT2D eigenvalue weighted by Crippen LogP contribution is 2.41. The number of halogens is 3. The van der Waals surface area contributed by atoms with Gasteiger partial charge in [-0.2, -0.15) is 0 Å². The molecule has 0 radical (unpaired) electrons. The summed E-state index contributed by atoms with van der Waals surface area (Å²) in [6, 6.07) is 9.55. The number of hydrogen-bond acceptors (Lipinski definition) is 2. The molecule has 0 bridgehead atoms. The number of benzene rings is 1. The fraction of sp³-hybridized carbons (Fsp3) is 0.600. The maximum atomic E-state index is 3.61. The molecule has 0 unspecified atom stereocenters. The molecule has 1 aromatic rings. The minimum absolute atomic E-state index is 0. The molecule has 1 aliphatic carbocycles. The van der Waals surface area contributed by atoms with E-state index < -0.39 is 0 Å². The van der Waals surface area contributed by atoms with Gasteiger partial charge in [0.2, 0.25) is 0 Å². The predicted molar refractivity (Wildman–Crippen MR) is 93.2 cm³/mol. The molecule has 1 heterocycles. The number of piperazine rings is 1. The lowest BCUT2D eigenvalue weighted by atomic mass is 9.76. The first-order valence-electron chi connectivity index (χ1n) is 7.05. The van der Waals surface area contributed by atoms with Gasteiger partial charge in [0.05, 0.1) is 0 Å². The molecule has 20 heavy (non-hydrogen) atoms. The van der Waals surface area contributed by atoms with Crippen molar-refractivity contribution in [1.82, 2.24) is 10.2 Å². The Labute approximate surface area is 142 Å². The zero-order valence-corrected chi connectivity index (χ0v) is 14.8. The lowest BCUT2D eigenvalue weighted by Crippen LogP contribution is -2.47. The van der Waals surface area contributed by atoms with E-state index in [-0.39, 0.29) is 24.8 Å². The Bertz CT molecular complexity index is 407. The van der Waals surface area contributed by atoms with Crippen LogP contribution in [-0.4, -0.2) is 31.1 Å². The molecule has 2 nitrogen and oxygen atoms in total. The first-order chi connectivity index (χ1) is 8.84. The number of rotatable bonds is 3. The molecule has 2 aliphatic rings. The molecule has 1 N–H and O–H groups in total. The van der Waals surface area contributed by atoms with Crippen LogP contribution in [0.15, 0.2) is 28.7 Å². The molecule has 0 amide bonds. The van der Waals surface area contributed by atoms with Gasteiger partial charge in [0.15, 0.2) is 0 Å².